The van der Waals surface area contributed by atoms with Crippen LogP contribution in [0, 0.1) is 0 Å². The van der Waals surface area contributed by atoms with Crippen LogP contribution in [0.2, 0.25) is 0 Å². The van der Waals surface area contributed by atoms with Gasteiger partial charge in [0.25, 0.3) is 0 Å². The Morgan fingerprint density at radius 1 is 0.310 bits per heavy atom. The molecule has 0 fully saturated rings. The van der Waals surface area contributed by atoms with E-state index < -0.39 is 0 Å². The van der Waals surface area contributed by atoms with E-state index in [-0.39, 0.29) is 0 Å². The number of fused-ring (bicyclic) bond motifs is 3. The average Bonchev–Trinajstić information content (AvgIpc) is 3.07. The first-order valence-corrected chi connectivity index (χ1v) is 14.4. The second-order valence-corrected chi connectivity index (χ2v) is 10.7. The molecule has 0 bridgehead atoms. The third-order valence-corrected chi connectivity index (χ3v) is 8.33. The van der Waals surface area contributed by atoms with Crippen molar-refractivity contribution in [3.8, 4) is 44.6 Å². The highest BCUT2D eigenvalue weighted by Gasteiger charge is 2.19. The van der Waals surface area contributed by atoms with Crippen LogP contribution in [0.5, 0.6) is 0 Å². The third-order valence-electron chi connectivity index (χ3n) is 8.33. The molecule has 0 aliphatic rings. The number of pyridine rings is 1. The van der Waals surface area contributed by atoms with Gasteiger partial charge < -0.3 is 0 Å². The zero-order valence-corrected chi connectivity index (χ0v) is 23.0. The van der Waals surface area contributed by atoms with Gasteiger partial charge in [-0.3, -0.25) is 4.98 Å². The summed E-state index contributed by atoms with van der Waals surface area (Å²) in [6.45, 7) is 0. The Morgan fingerprint density at radius 2 is 0.833 bits per heavy atom. The van der Waals surface area contributed by atoms with Crippen molar-refractivity contribution in [2.75, 3.05) is 0 Å². The Kier molecular flexibility index (Phi) is 5.86. The minimum atomic E-state index is 0.984. The molecule has 0 N–H and O–H groups in total. The van der Waals surface area contributed by atoms with Crippen LogP contribution < -0.4 is 0 Å². The number of nitrogens with zero attached hydrogens (tertiary/aromatic N) is 1. The summed E-state index contributed by atoms with van der Waals surface area (Å²) in [6.07, 6.45) is 2.04. The van der Waals surface area contributed by atoms with Crippen molar-refractivity contribution in [3.05, 3.63) is 164 Å². The van der Waals surface area contributed by atoms with Crippen LogP contribution in [0.25, 0.3) is 77.0 Å². The van der Waals surface area contributed by atoms with Gasteiger partial charge in [-0.2, -0.15) is 0 Å². The standard InChI is InChI=1S/C41H27N/c1-2-13-28(14-3-1)32-18-6-7-19-34(32)41-37-22-10-8-20-35(37)40(36-21-9-11-23-38(36)41)30-25-26-39(42-27-30)33-24-12-16-29-15-4-5-17-31(29)33/h1-27H. The van der Waals surface area contributed by atoms with Gasteiger partial charge in [0.2, 0.25) is 0 Å². The number of hydrogen-bond acceptors (Lipinski definition) is 1. The van der Waals surface area contributed by atoms with Gasteiger partial charge in [-0.1, -0.05) is 152 Å². The molecule has 0 amide bonds. The van der Waals surface area contributed by atoms with Gasteiger partial charge in [-0.15, -0.1) is 0 Å². The van der Waals surface area contributed by atoms with E-state index in [1.54, 1.807) is 0 Å². The molecular weight excluding hydrogens is 506 g/mol. The van der Waals surface area contributed by atoms with Crippen molar-refractivity contribution in [1.29, 1.82) is 0 Å². The molecule has 8 rings (SSSR count). The monoisotopic (exact) mass is 533 g/mol. The average molecular weight is 534 g/mol. The molecule has 7 aromatic carbocycles. The Morgan fingerprint density at radius 3 is 1.50 bits per heavy atom. The van der Waals surface area contributed by atoms with Crippen LogP contribution in [0.3, 0.4) is 0 Å². The third kappa shape index (κ3) is 3.98. The first kappa shape index (κ1) is 24.3. The van der Waals surface area contributed by atoms with Crippen LogP contribution in [0.15, 0.2) is 164 Å². The van der Waals surface area contributed by atoms with E-state index in [1.807, 2.05) is 6.20 Å². The molecule has 0 radical (unpaired) electrons. The number of rotatable bonds is 4. The summed E-state index contributed by atoms with van der Waals surface area (Å²) in [5, 5.41) is 7.39. The normalized spacial score (nSPS) is 11.3. The molecule has 0 saturated heterocycles. The quantitative estimate of drug-likeness (QED) is 0.205. The Labute approximate surface area is 245 Å². The van der Waals surface area contributed by atoms with Gasteiger partial charge in [0.05, 0.1) is 5.69 Å². The van der Waals surface area contributed by atoms with E-state index in [0.29, 0.717) is 0 Å². The zero-order chi connectivity index (χ0) is 27.9. The molecule has 0 saturated carbocycles. The SMILES string of the molecule is c1ccc(-c2ccccc2-c2c3ccccc3c(-c3ccc(-c4cccc5ccccc45)nc3)c3ccccc23)cc1. The maximum absolute atomic E-state index is 5.02. The van der Waals surface area contributed by atoms with Crippen molar-refractivity contribution < 1.29 is 0 Å². The second-order valence-electron chi connectivity index (χ2n) is 10.7. The van der Waals surface area contributed by atoms with Crippen LogP contribution >= 0.6 is 0 Å². The van der Waals surface area contributed by atoms with Crippen LogP contribution in [0.4, 0.5) is 0 Å². The van der Waals surface area contributed by atoms with Gasteiger partial charge in [-0.05, 0) is 66.2 Å². The highest BCUT2D eigenvalue weighted by atomic mass is 14.7. The summed E-state index contributed by atoms with van der Waals surface area (Å²) < 4.78 is 0. The molecule has 0 atom stereocenters. The summed E-state index contributed by atoms with van der Waals surface area (Å²) >= 11 is 0. The largest absolute Gasteiger partial charge is 0.256 e. The van der Waals surface area contributed by atoms with Crippen molar-refractivity contribution in [2.45, 2.75) is 0 Å². The van der Waals surface area contributed by atoms with Crippen LogP contribution in [0.1, 0.15) is 0 Å². The molecule has 8 aromatic rings. The Balaban J connectivity index is 1.37. The lowest BCUT2D eigenvalue weighted by Crippen LogP contribution is -1.93. The number of aromatic nitrogens is 1. The van der Waals surface area contributed by atoms with Crippen LogP contribution in [-0.2, 0) is 0 Å². The molecule has 1 aromatic heterocycles. The zero-order valence-electron chi connectivity index (χ0n) is 23.0. The van der Waals surface area contributed by atoms with Gasteiger partial charge in [0.15, 0.2) is 0 Å². The van der Waals surface area contributed by atoms with Gasteiger partial charge in [0.1, 0.15) is 0 Å². The van der Waals surface area contributed by atoms with E-state index in [9.17, 15) is 0 Å². The molecule has 42 heavy (non-hydrogen) atoms. The molecule has 0 spiro atoms. The highest BCUT2D eigenvalue weighted by molar-refractivity contribution is 6.22. The molecule has 1 nitrogen and oxygen atoms in total. The molecule has 1 heterocycles. The lowest BCUT2D eigenvalue weighted by molar-refractivity contribution is 1.34. The molecule has 0 aliphatic carbocycles. The van der Waals surface area contributed by atoms with E-state index in [0.717, 1.165) is 16.8 Å². The lowest BCUT2D eigenvalue weighted by Gasteiger charge is -2.19. The summed E-state index contributed by atoms with van der Waals surface area (Å²) in [6, 6.07) is 56.4. The Hall–Kier alpha value is -5.53. The first-order chi connectivity index (χ1) is 20.9. The minimum Gasteiger partial charge on any atom is -0.256 e. The van der Waals surface area contributed by atoms with Crippen molar-refractivity contribution in [2.24, 2.45) is 0 Å². The predicted octanol–water partition coefficient (Wildman–Crippen LogP) is 11.2. The molecule has 196 valence electrons. The van der Waals surface area contributed by atoms with Crippen LogP contribution in [-0.4, -0.2) is 4.98 Å². The summed E-state index contributed by atoms with van der Waals surface area (Å²) in [4.78, 5) is 5.02. The topological polar surface area (TPSA) is 12.9 Å². The first-order valence-electron chi connectivity index (χ1n) is 14.4. The molecule has 0 unspecified atom stereocenters. The van der Waals surface area contributed by atoms with E-state index in [1.165, 1.54) is 60.1 Å². The summed E-state index contributed by atoms with van der Waals surface area (Å²) in [5.74, 6) is 0. The number of benzene rings is 7. The lowest BCUT2D eigenvalue weighted by atomic mass is 9.84. The van der Waals surface area contributed by atoms with Gasteiger partial charge in [0, 0.05) is 17.3 Å². The summed E-state index contributed by atoms with van der Waals surface area (Å²) in [7, 11) is 0. The van der Waals surface area contributed by atoms with Crippen molar-refractivity contribution in [1.82, 2.24) is 4.98 Å². The van der Waals surface area contributed by atoms with Gasteiger partial charge in [-0.25, -0.2) is 0 Å². The fraction of sp³-hybridized carbons (Fsp3) is 0. The fourth-order valence-corrected chi connectivity index (χ4v) is 6.45. The molecule has 1 heteroatoms. The van der Waals surface area contributed by atoms with E-state index in [4.69, 9.17) is 4.98 Å². The minimum absolute atomic E-state index is 0.984. The second kappa shape index (κ2) is 10.1. The van der Waals surface area contributed by atoms with Crippen molar-refractivity contribution >= 4 is 32.3 Å². The van der Waals surface area contributed by atoms with Gasteiger partial charge >= 0.3 is 0 Å². The maximum atomic E-state index is 5.02. The van der Waals surface area contributed by atoms with Crippen molar-refractivity contribution in [3.63, 3.8) is 0 Å². The molecule has 0 aliphatic heterocycles. The summed E-state index contributed by atoms with van der Waals surface area (Å²) in [5.41, 5.74) is 9.45. The Bertz CT molecular complexity index is 2170. The predicted molar refractivity (Wildman–Crippen MR) is 178 cm³/mol. The highest BCUT2D eigenvalue weighted by Crippen LogP contribution is 2.46. The smallest absolute Gasteiger partial charge is 0.0708 e. The maximum Gasteiger partial charge on any atom is 0.0708 e. The van der Waals surface area contributed by atoms with E-state index in [2.05, 4.69) is 158 Å². The fourth-order valence-electron chi connectivity index (χ4n) is 6.45. The van der Waals surface area contributed by atoms with E-state index >= 15 is 0 Å². The molecular formula is C41H27N. The number of hydrogen-bond donors (Lipinski definition) is 0.